The van der Waals surface area contributed by atoms with Gasteiger partial charge in [0, 0.05) is 38.0 Å². The second kappa shape index (κ2) is 6.87. The van der Waals surface area contributed by atoms with Crippen LogP contribution < -0.4 is 0 Å². The molecule has 1 saturated heterocycles. The lowest BCUT2D eigenvalue weighted by Crippen LogP contribution is -2.31. The maximum absolute atomic E-state index is 5.87. The zero-order valence-corrected chi connectivity index (χ0v) is 14.0. The Labute approximate surface area is 140 Å². The van der Waals surface area contributed by atoms with Gasteiger partial charge in [-0.05, 0) is 52.2 Å². The molecule has 1 aromatic carbocycles. The number of hydrogen-bond donors (Lipinski definition) is 1. The van der Waals surface area contributed by atoms with E-state index in [1.807, 2.05) is 6.20 Å². The number of thiophene rings is 1. The van der Waals surface area contributed by atoms with Crippen LogP contribution in [0.1, 0.15) is 24.0 Å². The maximum atomic E-state index is 5.87. The number of ether oxygens (including phenoxy) is 1. The van der Waals surface area contributed by atoms with E-state index in [4.69, 9.17) is 4.74 Å². The molecule has 1 N–H and O–H groups in total. The molecule has 4 heteroatoms. The number of fused-ring (bicyclic) bond motifs is 1. The zero-order chi connectivity index (χ0) is 15.5. The largest absolute Gasteiger partial charge is 0.377 e. The van der Waals surface area contributed by atoms with Gasteiger partial charge in [0.15, 0.2) is 0 Å². The highest BCUT2D eigenvalue weighted by Crippen LogP contribution is 2.22. The fraction of sp³-hybridized carbons (Fsp3) is 0.368. The number of rotatable bonds is 6. The van der Waals surface area contributed by atoms with Gasteiger partial charge in [0.2, 0.25) is 0 Å². The summed E-state index contributed by atoms with van der Waals surface area (Å²) in [7, 11) is 0. The van der Waals surface area contributed by atoms with Crippen LogP contribution in [-0.2, 0) is 17.8 Å². The van der Waals surface area contributed by atoms with Gasteiger partial charge in [-0.15, -0.1) is 0 Å². The number of nitrogens with one attached hydrogen (secondary N) is 1. The van der Waals surface area contributed by atoms with Crippen molar-refractivity contribution in [2.24, 2.45) is 0 Å². The summed E-state index contributed by atoms with van der Waals surface area (Å²) in [5.74, 6) is 0. The molecule has 0 radical (unpaired) electrons. The predicted octanol–water partition coefficient (Wildman–Crippen LogP) is 4.41. The number of aromatic amines is 1. The Hall–Kier alpha value is -1.62. The molecule has 120 valence electrons. The van der Waals surface area contributed by atoms with E-state index in [0.717, 1.165) is 26.2 Å². The van der Waals surface area contributed by atoms with Crippen molar-refractivity contribution in [1.82, 2.24) is 9.88 Å². The standard InChI is InChI=1S/C19H22N2OS/c1-3-16-6-8-20-19(16)17(4-1)12-21(11-15-7-10-23-14-15)13-18-5-2-9-22-18/h1,3-4,6-8,10,14,18,20H,2,5,9,11-13H2/t18-/m0/s1. The Kier molecular flexibility index (Phi) is 4.46. The van der Waals surface area contributed by atoms with Crippen molar-refractivity contribution in [3.63, 3.8) is 0 Å². The number of aromatic nitrogens is 1. The Bertz CT molecular complexity index is 744. The van der Waals surface area contributed by atoms with Crippen LogP contribution in [0.2, 0.25) is 0 Å². The van der Waals surface area contributed by atoms with Crippen molar-refractivity contribution in [2.75, 3.05) is 13.2 Å². The molecule has 1 aliphatic heterocycles. The first-order valence-electron chi connectivity index (χ1n) is 8.28. The highest BCUT2D eigenvalue weighted by Gasteiger charge is 2.20. The molecule has 0 bridgehead atoms. The van der Waals surface area contributed by atoms with Crippen molar-refractivity contribution < 1.29 is 4.74 Å². The molecule has 4 rings (SSSR count). The average Bonchev–Trinajstić information content (AvgIpc) is 3.30. The first-order chi connectivity index (χ1) is 11.4. The molecule has 3 nitrogen and oxygen atoms in total. The Morgan fingerprint density at radius 2 is 2.22 bits per heavy atom. The van der Waals surface area contributed by atoms with Gasteiger partial charge in [-0.3, -0.25) is 4.90 Å². The normalized spacial score (nSPS) is 18.2. The maximum Gasteiger partial charge on any atom is 0.0703 e. The molecular formula is C19H22N2OS. The van der Waals surface area contributed by atoms with Crippen LogP contribution in [-0.4, -0.2) is 29.1 Å². The van der Waals surface area contributed by atoms with Gasteiger partial charge in [-0.2, -0.15) is 11.3 Å². The monoisotopic (exact) mass is 326 g/mol. The Morgan fingerprint density at radius 3 is 3.04 bits per heavy atom. The van der Waals surface area contributed by atoms with Gasteiger partial charge in [0.05, 0.1) is 6.10 Å². The molecule has 1 fully saturated rings. The highest BCUT2D eigenvalue weighted by atomic mass is 32.1. The summed E-state index contributed by atoms with van der Waals surface area (Å²) in [5, 5.41) is 5.69. The minimum atomic E-state index is 0.386. The van der Waals surface area contributed by atoms with Gasteiger partial charge in [0.1, 0.15) is 0 Å². The van der Waals surface area contributed by atoms with Crippen molar-refractivity contribution in [3.05, 3.63) is 58.4 Å². The molecule has 3 heterocycles. The van der Waals surface area contributed by atoms with Crippen molar-refractivity contribution in [3.8, 4) is 0 Å². The topological polar surface area (TPSA) is 28.3 Å². The van der Waals surface area contributed by atoms with Gasteiger partial charge >= 0.3 is 0 Å². The second-order valence-corrected chi connectivity index (χ2v) is 7.08. The van der Waals surface area contributed by atoms with E-state index >= 15 is 0 Å². The van der Waals surface area contributed by atoms with Crippen molar-refractivity contribution in [1.29, 1.82) is 0 Å². The molecule has 3 aromatic rings. The minimum absolute atomic E-state index is 0.386. The SMILES string of the molecule is c1cc(CN(Cc2ccsc2)C[C@@H]2CCCO2)c2[nH]ccc2c1. The van der Waals surface area contributed by atoms with E-state index in [1.54, 1.807) is 11.3 Å². The molecule has 1 atom stereocenters. The van der Waals surface area contributed by atoms with E-state index in [9.17, 15) is 0 Å². The summed E-state index contributed by atoms with van der Waals surface area (Å²) in [6, 6.07) is 10.9. The highest BCUT2D eigenvalue weighted by molar-refractivity contribution is 7.07. The van der Waals surface area contributed by atoms with E-state index in [1.165, 1.54) is 34.9 Å². The Morgan fingerprint density at radius 1 is 1.22 bits per heavy atom. The van der Waals surface area contributed by atoms with Gasteiger partial charge in [-0.25, -0.2) is 0 Å². The van der Waals surface area contributed by atoms with Crippen LogP contribution in [0.15, 0.2) is 47.3 Å². The molecule has 0 unspecified atom stereocenters. The molecule has 1 aliphatic rings. The number of nitrogens with zero attached hydrogens (tertiary/aromatic N) is 1. The molecule has 0 spiro atoms. The van der Waals surface area contributed by atoms with E-state index < -0.39 is 0 Å². The molecule has 0 amide bonds. The fourth-order valence-corrected chi connectivity index (χ4v) is 4.08. The summed E-state index contributed by atoms with van der Waals surface area (Å²) >= 11 is 1.77. The first-order valence-corrected chi connectivity index (χ1v) is 9.23. The van der Waals surface area contributed by atoms with Crippen molar-refractivity contribution in [2.45, 2.75) is 32.0 Å². The number of benzene rings is 1. The van der Waals surface area contributed by atoms with Crippen LogP contribution >= 0.6 is 11.3 Å². The molecule has 23 heavy (non-hydrogen) atoms. The summed E-state index contributed by atoms with van der Waals surface area (Å²) in [4.78, 5) is 5.91. The lowest BCUT2D eigenvalue weighted by Gasteiger charge is -2.25. The average molecular weight is 326 g/mol. The summed E-state index contributed by atoms with van der Waals surface area (Å²) in [5.41, 5.74) is 4.02. The lowest BCUT2D eigenvalue weighted by atomic mass is 10.1. The quantitative estimate of drug-likeness (QED) is 0.727. The number of hydrogen-bond acceptors (Lipinski definition) is 3. The van der Waals surface area contributed by atoms with Crippen LogP contribution in [0.25, 0.3) is 10.9 Å². The van der Waals surface area contributed by atoms with Crippen LogP contribution in [0, 0.1) is 0 Å². The van der Waals surface area contributed by atoms with Gasteiger partial charge in [0.25, 0.3) is 0 Å². The van der Waals surface area contributed by atoms with Crippen LogP contribution in [0.3, 0.4) is 0 Å². The summed E-state index contributed by atoms with van der Waals surface area (Å²) in [6.45, 7) is 3.87. The smallest absolute Gasteiger partial charge is 0.0703 e. The molecule has 0 aliphatic carbocycles. The molecular weight excluding hydrogens is 304 g/mol. The molecule has 0 saturated carbocycles. The third-order valence-electron chi connectivity index (χ3n) is 4.54. The third-order valence-corrected chi connectivity index (χ3v) is 5.27. The number of para-hydroxylation sites is 1. The third kappa shape index (κ3) is 3.50. The lowest BCUT2D eigenvalue weighted by molar-refractivity contribution is 0.0681. The van der Waals surface area contributed by atoms with Crippen molar-refractivity contribution >= 4 is 22.2 Å². The van der Waals surface area contributed by atoms with Gasteiger partial charge in [-0.1, -0.05) is 18.2 Å². The summed E-state index contributed by atoms with van der Waals surface area (Å²) < 4.78 is 5.87. The predicted molar refractivity (Wildman–Crippen MR) is 95.7 cm³/mol. The first kappa shape index (κ1) is 14.9. The van der Waals surface area contributed by atoms with Gasteiger partial charge < -0.3 is 9.72 Å². The summed E-state index contributed by atoms with van der Waals surface area (Å²) in [6.07, 6.45) is 4.80. The van der Waals surface area contributed by atoms with Crippen LogP contribution in [0.4, 0.5) is 0 Å². The zero-order valence-electron chi connectivity index (χ0n) is 13.2. The van der Waals surface area contributed by atoms with E-state index in [2.05, 4.69) is 51.0 Å². The van der Waals surface area contributed by atoms with E-state index in [0.29, 0.717) is 6.10 Å². The molecule has 2 aromatic heterocycles. The minimum Gasteiger partial charge on any atom is -0.377 e. The Balaban J connectivity index is 1.55. The van der Waals surface area contributed by atoms with E-state index in [-0.39, 0.29) is 0 Å². The fourth-order valence-electron chi connectivity index (χ4n) is 3.42. The number of H-pyrrole nitrogens is 1. The second-order valence-electron chi connectivity index (χ2n) is 6.30. The van der Waals surface area contributed by atoms with Crippen LogP contribution in [0.5, 0.6) is 0 Å².